The van der Waals surface area contributed by atoms with Gasteiger partial charge in [0, 0.05) is 48.2 Å². The first kappa shape index (κ1) is 17.7. The summed E-state index contributed by atoms with van der Waals surface area (Å²) in [5.74, 6) is -0.981. The predicted molar refractivity (Wildman–Crippen MR) is 98.4 cm³/mol. The minimum absolute atomic E-state index is 0.0990. The number of hydrogen-bond acceptors (Lipinski definition) is 5. The summed E-state index contributed by atoms with van der Waals surface area (Å²) in [6, 6.07) is 5.02. The van der Waals surface area contributed by atoms with Crippen LogP contribution >= 0.6 is 0 Å². The summed E-state index contributed by atoms with van der Waals surface area (Å²) in [6.45, 7) is 3.81. The molecule has 146 valence electrons. The molecule has 2 N–H and O–H groups in total. The average molecular weight is 385 g/mol. The van der Waals surface area contributed by atoms with E-state index in [2.05, 4.69) is 15.0 Å². The minimum Gasteiger partial charge on any atom is -0.370 e. The summed E-state index contributed by atoms with van der Waals surface area (Å²) in [5, 5.41) is 4.63. The van der Waals surface area contributed by atoms with Crippen molar-refractivity contribution in [1.29, 1.82) is 0 Å². The van der Waals surface area contributed by atoms with Crippen molar-refractivity contribution >= 4 is 5.65 Å². The number of aryl methyl sites for hydroxylation is 1. The predicted octanol–water partition coefficient (Wildman–Crippen LogP) is 2.49. The smallest absolute Gasteiger partial charge is 0.159 e. The Bertz CT molecular complexity index is 1050. The number of nitrogens with two attached hydrogens (primary N) is 1. The number of hydrogen-bond donors (Lipinski definition) is 1. The first-order chi connectivity index (χ1) is 13.5. The summed E-state index contributed by atoms with van der Waals surface area (Å²) in [6.07, 6.45) is 1.93. The van der Waals surface area contributed by atoms with E-state index in [0.717, 1.165) is 41.3 Å². The van der Waals surface area contributed by atoms with Gasteiger partial charge in [-0.3, -0.25) is 4.90 Å². The Labute approximate surface area is 160 Å². The molecule has 0 radical (unpaired) electrons. The SMILES string of the molecule is Cc1ccn2nc3c(c2n1)CN([C@H]1COC(c2cc(F)ccc2F)[C@@H](N)C1)C3. The van der Waals surface area contributed by atoms with E-state index in [1.165, 1.54) is 6.07 Å². The van der Waals surface area contributed by atoms with Gasteiger partial charge >= 0.3 is 0 Å². The minimum atomic E-state index is -0.639. The fourth-order valence-corrected chi connectivity index (χ4v) is 4.26. The molecule has 0 spiro atoms. The number of ether oxygens (including phenoxy) is 1. The second kappa shape index (κ2) is 6.58. The second-order valence-corrected chi connectivity index (χ2v) is 7.64. The van der Waals surface area contributed by atoms with Crippen LogP contribution in [0.25, 0.3) is 5.65 Å². The number of benzene rings is 1. The second-order valence-electron chi connectivity index (χ2n) is 7.64. The maximum Gasteiger partial charge on any atom is 0.159 e. The van der Waals surface area contributed by atoms with Gasteiger partial charge in [0.25, 0.3) is 0 Å². The number of halogens is 2. The molecule has 0 aliphatic carbocycles. The van der Waals surface area contributed by atoms with E-state index in [4.69, 9.17) is 10.5 Å². The first-order valence-electron chi connectivity index (χ1n) is 9.39. The average Bonchev–Trinajstić information content (AvgIpc) is 3.22. The quantitative estimate of drug-likeness (QED) is 0.734. The standard InChI is InChI=1S/C20H21F2N5O/c1-11-4-5-27-20(24-11)15-8-26(9-18(15)25-27)13-7-17(23)19(28-10-13)14-6-12(21)2-3-16(14)22/h2-6,13,17,19H,7-10,23H2,1H3/t13-,17+,19?/m1/s1. The Morgan fingerprint density at radius 1 is 1.21 bits per heavy atom. The number of nitrogens with zero attached hydrogens (tertiary/aromatic N) is 4. The molecular weight excluding hydrogens is 364 g/mol. The molecule has 2 aliphatic rings. The molecule has 3 atom stereocenters. The monoisotopic (exact) mass is 385 g/mol. The molecule has 8 heteroatoms. The number of fused-ring (bicyclic) bond motifs is 3. The van der Waals surface area contributed by atoms with Gasteiger partial charge in [-0.15, -0.1) is 0 Å². The Morgan fingerprint density at radius 3 is 2.89 bits per heavy atom. The Kier molecular flexibility index (Phi) is 4.15. The lowest BCUT2D eigenvalue weighted by molar-refractivity contribution is -0.0532. The topological polar surface area (TPSA) is 68.7 Å². The van der Waals surface area contributed by atoms with Crippen LogP contribution in [-0.4, -0.2) is 38.2 Å². The fraction of sp³-hybridized carbons (Fsp3) is 0.400. The van der Waals surface area contributed by atoms with E-state index in [1.807, 2.05) is 23.7 Å². The van der Waals surface area contributed by atoms with Crippen LogP contribution in [0.5, 0.6) is 0 Å². The third-order valence-electron chi connectivity index (χ3n) is 5.70. The lowest BCUT2D eigenvalue weighted by atomic mass is 9.93. The molecule has 2 aliphatic heterocycles. The summed E-state index contributed by atoms with van der Waals surface area (Å²) < 4.78 is 35.4. The summed E-state index contributed by atoms with van der Waals surface area (Å²) in [5.41, 5.74) is 10.5. The van der Waals surface area contributed by atoms with Gasteiger partial charge in [0.2, 0.25) is 0 Å². The summed E-state index contributed by atoms with van der Waals surface area (Å²) in [4.78, 5) is 6.89. The van der Waals surface area contributed by atoms with Crippen LogP contribution in [0.1, 0.15) is 35.0 Å². The van der Waals surface area contributed by atoms with E-state index in [-0.39, 0.29) is 11.6 Å². The van der Waals surface area contributed by atoms with Crippen molar-refractivity contribution < 1.29 is 13.5 Å². The molecular formula is C20H21F2N5O. The Morgan fingerprint density at radius 2 is 2.07 bits per heavy atom. The number of aromatic nitrogens is 3. The zero-order valence-corrected chi connectivity index (χ0v) is 15.5. The molecule has 5 rings (SSSR count). The lowest BCUT2D eigenvalue weighted by Crippen LogP contribution is -2.47. The van der Waals surface area contributed by atoms with Gasteiger partial charge in [-0.05, 0) is 37.6 Å². The molecule has 28 heavy (non-hydrogen) atoms. The van der Waals surface area contributed by atoms with Crippen molar-refractivity contribution in [2.24, 2.45) is 5.73 Å². The molecule has 0 amide bonds. The van der Waals surface area contributed by atoms with E-state index in [0.29, 0.717) is 19.6 Å². The van der Waals surface area contributed by atoms with E-state index in [9.17, 15) is 8.78 Å². The van der Waals surface area contributed by atoms with Gasteiger partial charge in [-0.25, -0.2) is 18.3 Å². The maximum atomic E-state index is 14.1. The molecule has 1 saturated heterocycles. The molecule has 0 bridgehead atoms. The van der Waals surface area contributed by atoms with Gasteiger partial charge in [-0.2, -0.15) is 5.10 Å². The van der Waals surface area contributed by atoms with Gasteiger partial charge in [0.05, 0.1) is 12.3 Å². The van der Waals surface area contributed by atoms with Crippen molar-refractivity contribution in [3.8, 4) is 0 Å². The van der Waals surface area contributed by atoms with Crippen LogP contribution in [0.4, 0.5) is 8.78 Å². The van der Waals surface area contributed by atoms with E-state index >= 15 is 0 Å². The largest absolute Gasteiger partial charge is 0.370 e. The van der Waals surface area contributed by atoms with Gasteiger partial charge in [0.15, 0.2) is 5.65 Å². The van der Waals surface area contributed by atoms with Crippen LogP contribution in [-0.2, 0) is 17.8 Å². The normalized spacial score (nSPS) is 25.4. The van der Waals surface area contributed by atoms with Crippen molar-refractivity contribution in [2.45, 2.75) is 44.6 Å². The van der Waals surface area contributed by atoms with E-state index < -0.39 is 23.8 Å². The van der Waals surface area contributed by atoms with Crippen LogP contribution in [0.15, 0.2) is 30.5 Å². The highest BCUT2D eigenvalue weighted by Gasteiger charge is 2.37. The highest BCUT2D eigenvalue weighted by Crippen LogP contribution is 2.34. The molecule has 4 heterocycles. The highest BCUT2D eigenvalue weighted by atomic mass is 19.1. The maximum absolute atomic E-state index is 14.1. The molecule has 1 fully saturated rings. The molecule has 1 aromatic carbocycles. The summed E-state index contributed by atoms with van der Waals surface area (Å²) in [7, 11) is 0. The third kappa shape index (κ3) is 2.88. The van der Waals surface area contributed by atoms with Crippen molar-refractivity contribution in [2.75, 3.05) is 6.61 Å². The van der Waals surface area contributed by atoms with Gasteiger partial charge in [-0.1, -0.05) is 0 Å². The third-order valence-corrected chi connectivity index (χ3v) is 5.70. The van der Waals surface area contributed by atoms with E-state index in [1.54, 1.807) is 0 Å². The van der Waals surface area contributed by atoms with Gasteiger partial charge < -0.3 is 10.5 Å². The van der Waals surface area contributed by atoms with Crippen LogP contribution in [0.2, 0.25) is 0 Å². The molecule has 1 unspecified atom stereocenters. The highest BCUT2D eigenvalue weighted by molar-refractivity contribution is 5.52. The lowest BCUT2D eigenvalue weighted by Gasteiger charge is -2.38. The van der Waals surface area contributed by atoms with Crippen LogP contribution in [0.3, 0.4) is 0 Å². The first-order valence-corrected chi connectivity index (χ1v) is 9.39. The van der Waals surface area contributed by atoms with Gasteiger partial charge in [0.1, 0.15) is 17.7 Å². The zero-order chi connectivity index (χ0) is 19.4. The zero-order valence-electron chi connectivity index (χ0n) is 15.5. The molecule has 0 saturated carbocycles. The molecule has 3 aromatic rings. The van der Waals surface area contributed by atoms with Crippen molar-refractivity contribution in [1.82, 2.24) is 19.5 Å². The van der Waals surface area contributed by atoms with Crippen LogP contribution in [0, 0.1) is 18.6 Å². The Balaban J connectivity index is 1.32. The summed E-state index contributed by atoms with van der Waals surface area (Å²) >= 11 is 0. The fourth-order valence-electron chi connectivity index (χ4n) is 4.26. The Hall–Kier alpha value is -2.42. The van der Waals surface area contributed by atoms with Crippen molar-refractivity contribution in [3.05, 3.63) is 64.6 Å². The number of rotatable bonds is 2. The molecule has 2 aromatic heterocycles. The molecule has 6 nitrogen and oxygen atoms in total. The van der Waals surface area contributed by atoms with Crippen molar-refractivity contribution in [3.63, 3.8) is 0 Å². The van der Waals surface area contributed by atoms with Crippen LogP contribution < -0.4 is 5.73 Å².